The summed E-state index contributed by atoms with van der Waals surface area (Å²) in [6.45, 7) is 2.43. The Morgan fingerprint density at radius 2 is 1.62 bits per heavy atom. The molecule has 0 saturated heterocycles. The van der Waals surface area contributed by atoms with E-state index in [1.807, 2.05) is 13.0 Å². The molecule has 0 aliphatic rings. The van der Waals surface area contributed by atoms with Crippen molar-refractivity contribution in [3.8, 4) is 0 Å². The van der Waals surface area contributed by atoms with E-state index in [1.165, 1.54) is 0 Å². The Balaban J connectivity index is 1.72. The van der Waals surface area contributed by atoms with Crippen molar-refractivity contribution in [2.45, 2.75) is 26.2 Å². The van der Waals surface area contributed by atoms with E-state index in [4.69, 9.17) is 5.73 Å². The lowest BCUT2D eigenvalue weighted by Gasteiger charge is -2.12. The summed E-state index contributed by atoms with van der Waals surface area (Å²) in [7, 11) is 0. The molecular weight excluding hydrogens is 404 g/mol. The number of carbonyl (C=O) groups is 3. The fourth-order valence-corrected chi connectivity index (χ4v) is 3.15. The smallest absolute Gasteiger partial charge is 0.258 e. The molecule has 7 nitrogen and oxygen atoms in total. The fraction of sp³-hybridized carbons (Fsp3) is 0.200. The van der Waals surface area contributed by atoms with Crippen LogP contribution in [-0.4, -0.2) is 29.1 Å². The summed E-state index contributed by atoms with van der Waals surface area (Å²) in [5.74, 6) is -0.301. The van der Waals surface area contributed by atoms with Crippen LogP contribution in [0.25, 0.3) is 0 Å². The van der Waals surface area contributed by atoms with Crippen LogP contribution in [0.2, 0.25) is 0 Å². The molecule has 0 bridgehead atoms. The first-order chi connectivity index (χ1) is 15.5. The third-order valence-electron chi connectivity index (χ3n) is 4.90. The van der Waals surface area contributed by atoms with Gasteiger partial charge >= 0.3 is 0 Å². The summed E-state index contributed by atoms with van der Waals surface area (Å²) in [6, 6.07) is 16.9. The monoisotopic (exact) mass is 430 g/mol. The highest BCUT2D eigenvalue weighted by Gasteiger charge is 2.16. The minimum absolute atomic E-state index is 0.0254. The number of aryl methyl sites for hydroxylation is 1. The van der Waals surface area contributed by atoms with E-state index < -0.39 is 0 Å². The van der Waals surface area contributed by atoms with Gasteiger partial charge in [0.05, 0.1) is 11.3 Å². The highest BCUT2D eigenvalue weighted by atomic mass is 16.2. The van der Waals surface area contributed by atoms with Crippen molar-refractivity contribution in [2.75, 3.05) is 17.2 Å². The van der Waals surface area contributed by atoms with Gasteiger partial charge < -0.3 is 16.4 Å². The molecule has 0 spiro atoms. The molecule has 32 heavy (non-hydrogen) atoms. The van der Waals surface area contributed by atoms with Crippen molar-refractivity contribution >= 4 is 29.1 Å². The number of aromatic nitrogens is 1. The molecule has 0 atom stereocenters. The molecular formula is C25H26N4O3. The van der Waals surface area contributed by atoms with Crippen LogP contribution in [0.15, 0.2) is 66.9 Å². The van der Waals surface area contributed by atoms with E-state index in [1.54, 1.807) is 60.8 Å². The number of nitrogens with zero attached hydrogens (tertiary/aromatic N) is 1. The first kappa shape index (κ1) is 22.8. The molecule has 3 rings (SSSR count). The molecule has 0 aliphatic carbocycles. The van der Waals surface area contributed by atoms with Gasteiger partial charge in [0.2, 0.25) is 0 Å². The number of hydrogen-bond acceptors (Lipinski definition) is 5. The normalized spacial score (nSPS) is 10.4. The van der Waals surface area contributed by atoms with Crippen molar-refractivity contribution in [3.63, 3.8) is 0 Å². The molecule has 1 aromatic heterocycles. The second-order valence-electron chi connectivity index (χ2n) is 7.42. The lowest BCUT2D eigenvalue weighted by Crippen LogP contribution is -2.19. The average Bonchev–Trinajstić information content (AvgIpc) is 2.81. The minimum atomic E-state index is -0.374. The van der Waals surface area contributed by atoms with Gasteiger partial charge in [0.1, 0.15) is 5.82 Å². The first-order valence-electron chi connectivity index (χ1n) is 10.5. The lowest BCUT2D eigenvalue weighted by molar-refractivity contribution is 0.0975. The molecule has 3 aromatic rings. The van der Waals surface area contributed by atoms with E-state index in [0.29, 0.717) is 41.2 Å². The summed E-state index contributed by atoms with van der Waals surface area (Å²) >= 11 is 0. The van der Waals surface area contributed by atoms with Crippen molar-refractivity contribution in [2.24, 2.45) is 5.73 Å². The van der Waals surface area contributed by atoms with Gasteiger partial charge in [0.15, 0.2) is 5.78 Å². The highest BCUT2D eigenvalue weighted by molar-refractivity contribution is 6.12. The number of unbranched alkanes of at least 4 members (excludes halogenated alkanes) is 1. The van der Waals surface area contributed by atoms with E-state index in [9.17, 15) is 14.4 Å². The second-order valence-corrected chi connectivity index (χ2v) is 7.42. The number of carbonyl (C=O) groups excluding carboxylic acids is 3. The Morgan fingerprint density at radius 3 is 2.31 bits per heavy atom. The van der Waals surface area contributed by atoms with Crippen LogP contribution in [0, 0.1) is 6.92 Å². The molecule has 0 saturated carbocycles. The highest BCUT2D eigenvalue weighted by Crippen LogP contribution is 2.20. The van der Waals surface area contributed by atoms with Crippen molar-refractivity contribution < 1.29 is 14.4 Å². The molecule has 0 radical (unpaired) electrons. The maximum absolute atomic E-state index is 12.8. The van der Waals surface area contributed by atoms with Gasteiger partial charge in [-0.3, -0.25) is 14.4 Å². The van der Waals surface area contributed by atoms with Crippen molar-refractivity contribution in [1.29, 1.82) is 0 Å². The van der Waals surface area contributed by atoms with Crippen LogP contribution < -0.4 is 16.4 Å². The van der Waals surface area contributed by atoms with Crippen molar-refractivity contribution in [3.05, 3.63) is 89.1 Å². The number of rotatable bonds is 9. The predicted molar refractivity (Wildman–Crippen MR) is 125 cm³/mol. The molecule has 2 aromatic carbocycles. The molecule has 164 valence electrons. The summed E-state index contributed by atoms with van der Waals surface area (Å²) in [6.07, 6.45) is 3.56. The van der Waals surface area contributed by atoms with Gasteiger partial charge in [-0.1, -0.05) is 29.8 Å². The standard InChI is InChI=1S/C25H26N4O3/c1-17-8-13-21(20(16-17)25(32)29-23-7-3-5-15-27-23)28-24(31)19-11-9-18(10-12-19)22(30)6-2-4-14-26/h3,5,7-13,15-16H,2,4,6,14,26H2,1H3,(H,28,31)(H,27,29,32). The minimum Gasteiger partial charge on any atom is -0.330 e. The molecule has 2 amide bonds. The zero-order chi connectivity index (χ0) is 22.9. The zero-order valence-electron chi connectivity index (χ0n) is 17.9. The third-order valence-corrected chi connectivity index (χ3v) is 4.90. The number of Topliss-reactive ketones (excluding diaryl/α,β-unsaturated/α-hetero) is 1. The number of ketones is 1. The zero-order valence-corrected chi connectivity index (χ0v) is 17.9. The number of nitrogens with one attached hydrogen (secondary N) is 2. The van der Waals surface area contributed by atoms with E-state index in [-0.39, 0.29) is 17.6 Å². The van der Waals surface area contributed by atoms with Crippen LogP contribution in [0.3, 0.4) is 0 Å². The molecule has 7 heteroatoms. The van der Waals surface area contributed by atoms with Gasteiger partial charge in [-0.05, 0) is 62.7 Å². The predicted octanol–water partition coefficient (Wildman–Crippen LogP) is 4.21. The van der Waals surface area contributed by atoms with Gasteiger partial charge in [0.25, 0.3) is 11.8 Å². The van der Waals surface area contributed by atoms with Gasteiger partial charge in [-0.25, -0.2) is 4.98 Å². The largest absolute Gasteiger partial charge is 0.330 e. The van der Waals surface area contributed by atoms with Crippen LogP contribution >= 0.6 is 0 Å². The maximum Gasteiger partial charge on any atom is 0.258 e. The van der Waals surface area contributed by atoms with E-state index in [2.05, 4.69) is 15.6 Å². The number of nitrogens with two attached hydrogens (primary N) is 1. The Bertz CT molecular complexity index is 1100. The Kier molecular flexibility index (Phi) is 7.83. The molecule has 0 fully saturated rings. The van der Waals surface area contributed by atoms with Gasteiger partial charge in [-0.15, -0.1) is 0 Å². The topological polar surface area (TPSA) is 114 Å². The molecule has 4 N–H and O–H groups in total. The third kappa shape index (κ3) is 6.09. The Hall–Kier alpha value is -3.84. The summed E-state index contributed by atoms with van der Waals surface area (Å²) in [4.78, 5) is 41.9. The summed E-state index contributed by atoms with van der Waals surface area (Å²) in [5, 5.41) is 5.53. The summed E-state index contributed by atoms with van der Waals surface area (Å²) < 4.78 is 0. The van der Waals surface area contributed by atoms with E-state index in [0.717, 1.165) is 18.4 Å². The van der Waals surface area contributed by atoms with Crippen molar-refractivity contribution in [1.82, 2.24) is 4.98 Å². The molecule has 0 aliphatic heterocycles. The number of pyridine rings is 1. The fourth-order valence-electron chi connectivity index (χ4n) is 3.15. The number of hydrogen-bond donors (Lipinski definition) is 3. The molecule has 0 unspecified atom stereocenters. The SMILES string of the molecule is Cc1ccc(NC(=O)c2ccc(C(=O)CCCCN)cc2)c(C(=O)Nc2ccccn2)c1. The lowest BCUT2D eigenvalue weighted by atomic mass is 10.0. The number of benzene rings is 2. The van der Waals surface area contributed by atoms with Crippen LogP contribution in [0.1, 0.15) is 55.9 Å². The van der Waals surface area contributed by atoms with Crippen LogP contribution in [0.5, 0.6) is 0 Å². The van der Waals surface area contributed by atoms with Crippen LogP contribution in [0.4, 0.5) is 11.5 Å². The second kappa shape index (κ2) is 11.0. The average molecular weight is 431 g/mol. The van der Waals surface area contributed by atoms with Gasteiger partial charge in [-0.2, -0.15) is 0 Å². The Labute approximate surface area is 187 Å². The van der Waals surface area contributed by atoms with Crippen LogP contribution in [-0.2, 0) is 0 Å². The first-order valence-corrected chi connectivity index (χ1v) is 10.5. The van der Waals surface area contributed by atoms with Gasteiger partial charge in [0, 0.05) is 23.7 Å². The summed E-state index contributed by atoms with van der Waals surface area (Å²) in [5.41, 5.74) is 8.01. The number of anilines is 2. The maximum atomic E-state index is 12.8. The van der Waals surface area contributed by atoms with E-state index >= 15 is 0 Å². The Morgan fingerprint density at radius 1 is 0.875 bits per heavy atom. The quantitative estimate of drug-likeness (QED) is 0.348. The molecule has 1 heterocycles. The number of amides is 2.